The Morgan fingerprint density at radius 3 is 2.50 bits per heavy atom. The van der Waals surface area contributed by atoms with Crippen LogP contribution in [0.3, 0.4) is 0 Å². The van der Waals surface area contributed by atoms with E-state index in [1.165, 1.54) is 6.07 Å². The van der Waals surface area contributed by atoms with Gasteiger partial charge in [-0.1, -0.05) is 19.1 Å². The molecule has 18 heavy (non-hydrogen) atoms. The maximum atomic E-state index is 13.2. The smallest absolute Gasteiger partial charge is 0.123 e. The molecule has 0 saturated carbocycles. The highest BCUT2D eigenvalue weighted by molar-refractivity contribution is 5.48. The van der Waals surface area contributed by atoms with E-state index in [9.17, 15) is 9.50 Å². The Balaban J connectivity index is 2.17. The molecule has 0 aliphatic heterocycles. The molecule has 1 unspecified atom stereocenters. The lowest BCUT2D eigenvalue weighted by Gasteiger charge is -2.18. The molecule has 0 spiro atoms. The first-order valence-corrected chi connectivity index (χ1v) is 6.00. The maximum Gasteiger partial charge on any atom is 0.123 e. The van der Waals surface area contributed by atoms with Crippen LogP contribution in [0.5, 0.6) is 5.75 Å². The summed E-state index contributed by atoms with van der Waals surface area (Å²) in [5, 5.41) is 12.5. The van der Waals surface area contributed by atoms with Gasteiger partial charge in [-0.2, -0.15) is 0 Å². The third-order valence-corrected chi connectivity index (χ3v) is 2.87. The van der Waals surface area contributed by atoms with E-state index in [-0.39, 0.29) is 17.6 Å². The highest BCUT2D eigenvalue weighted by atomic mass is 19.1. The molecule has 1 atom stereocenters. The Labute approximate surface area is 106 Å². The van der Waals surface area contributed by atoms with Gasteiger partial charge in [-0.25, -0.2) is 4.39 Å². The van der Waals surface area contributed by atoms with E-state index < -0.39 is 0 Å². The predicted octanol–water partition coefficient (Wildman–Crippen LogP) is 4.09. The van der Waals surface area contributed by atoms with Gasteiger partial charge >= 0.3 is 0 Å². The number of hydrogen-bond acceptors (Lipinski definition) is 2. The summed E-state index contributed by atoms with van der Waals surface area (Å²) >= 11 is 0. The van der Waals surface area contributed by atoms with Crippen LogP contribution in [0.15, 0.2) is 48.5 Å². The van der Waals surface area contributed by atoms with Gasteiger partial charge in [-0.05, 0) is 48.4 Å². The molecule has 2 nitrogen and oxygen atoms in total. The Hall–Kier alpha value is -2.03. The van der Waals surface area contributed by atoms with Gasteiger partial charge in [0.05, 0.1) is 6.04 Å². The summed E-state index contributed by atoms with van der Waals surface area (Å²) in [6.45, 7) is 2.04. The van der Waals surface area contributed by atoms with Gasteiger partial charge < -0.3 is 10.4 Å². The van der Waals surface area contributed by atoms with Crippen LogP contribution in [0.25, 0.3) is 0 Å². The van der Waals surface area contributed by atoms with E-state index >= 15 is 0 Å². The molecule has 2 N–H and O–H groups in total. The molecule has 0 fully saturated rings. The first kappa shape index (κ1) is 12.4. The van der Waals surface area contributed by atoms with E-state index in [1.807, 2.05) is 13.0 Å². The monoisotopic (exact) mass is 245 g/mol. The zero-order valence-electron chi connectivity index (χ0n) is 10.2. The van der Waals surface area contributed by atoms with Gasteiger partial charge in [0, 0.05) is 5.69 Å². The number of phenols is 1. The van der Waals surface area contributed by atoms with E-state index in [0.717, 1.165) is 17.7 Å². The van der Waals surface area contributed by atoms with Gasteiger partial charge in [0.15, 0.2) is 0 Å². The average molecular weight is 245 g/mol. The van der Waals surface area contributed by atoms with E-state index in [1.54, 1.807) is 36.4 Å². The molecule has 0 bridgehead atoms. The molecule has 0 saturated heterocycles. The Morgan fingerprint density at radius 1 is 1.17 bits per heavy atom. The molecule has 0 aromatic heterocycles. The second-order valence-corrected chi connectivity index (χ2v) is 4.21. The lowest BCUT2D eigenvalue weighted by Crippen LogP contribution is -2.09. The van der Waals surface area contributed by atoms with Crippen molar-refractivity contribution < 1.29 is 9.50 Å². The quantitative estimate of drug-likeness (QED) is 0.795. The van der Waals surface area contributed by atoms with E-state index in [4.69, 9.17) is 0 Å². The number of benzene rings is 2. The minimum absolute atomic E-state index is 0.0604. The van der Waals surface area contributed by atoms with Crippen molar-refractivity contribution in [3.05, 3.63) is 59.9 Å². The number of rotatable bonds is 4. The van der Waals surface area contributed by atoms with E-state index in [2.05, 4.69) is 5.32 Å². The van der Waals surface area contributed by atoms with Crippen LogP contribution in [0.1, 0.15) is 24.9 Å². The summed E-state index contributed by atoms with van der Waals surface area (Å²) in [4.78, 5) is 0. The van der Waals surface area contributed by atoms with Crippen LogP contribution in [-0.2, 0) is 0 Å². The van der Waals surface area contributed by atoms with Crippen LogP contribution in [0.2, 0.25) is 0 Å². The number of hydrogen-bond donors (Lipinski definition) is 2. The van der Waals surface area contributed by atoms with Crippen LogP contribution in [0.4, 0.5) is 10.1 Å². The molecule has 0 aliphatic carbocycles. The summed E-state index contributed by atoms with van der Waals surface area (Å²) in [7, 11) is 0. The molecular weight excluding hydrogens is 229 g/mol. The van der Waals surface area contributed by atoms with Gasteiger partial charge in [-0.15, -0.1) is 0 Å². The Kier molecular flexibility index (Phi) is 3.82. The first-order chi connectivity index (χ1) is 8.69. The molecule has 2 rings (SSSR count). The largest absolute Gasteiger partial charge is 0.508 e. The van der Waals surface area contributed by atoms with Gasteiger partial charge in [0.25, 0.3) is 0 Å². The molecule has 0 amide bonds. The van der Waals surface area contributed by atoms with Crippen molar-refractivity contribution in [2.24, 2.45) is 0 Å². The molecule has 0 radical (unpaired) electrons. The topological polar surface area (TPSA) is 32.3 Å². The summed E-state index contributed by atoms with van der Waals surface area (Å²) in [5.41, 5.74) is 1.83. The fourth-order valence-electron chi connectivity index (χ4n) is 1.90. The van der Waals surface area contributed by atoms with Crippen molar-refractivity contribution in [3.8, 4) is 5.75 Å². The second kappa shape index (κ2) is 5.54. The molecule has 0 heterocycles. The number of phenolic OH excluding ortho intramolecular Hbond substituents is 1. The van der Waals surface area contributed by atoms with Crippen molar-refractivity contribution in [1.29, 1.82) is 0 Å². The normalized spacial score (nSPS) is 12.1. The van der Waals surface area contributed by atoms with Crippen molar-refractivity contribution >= 4 is 5.69 Å². The van der Waals surface area contributed by atoms with Crippen LogP contribution < -0.4 is 5.32 Å². The highest BCUT2D eigenvalue weighted by Crippen LogP contribution is 2.24. The summed E-state index contributed by atoms with van der Waals surface area (Å²) in [6, 6.07) is 13.5. The number of anilines is 1. The van der Waals surface area contributed by atoms with Gasteiger partial charge in [0.1, 0.15) is 11.6 Å². The van der Waals surface area contributed by atoms with Crippen LogP contribution in [-0.4, -0.2) is 5.11 Å². The van der Waals surface area contributed by atoms with Gasteiger partial charge in [0.2, 0.25) is 0 Å². The summed E-state index contributed by atoms with van der Waals surface area (Å²) in [6.07, 6.45) is 0.852. The predicted molar refractivity (Wildman–Crippen MR) is 71.2 cm³/mol. The Bertz CT molecular complexity index is 510. The molecule has 94 valence electrons. The van der Waals surface area contributed by atoms with Crippen molar-refractivity contribution in [2.45, 2.75) is 19.4 Å². The van der Waals surface area contributed by atoms with Gasteiger partial charge in [-0.3, -0.25) is 0 Å². The number of aromatic hydroxyl groups is 1. The zero-order valence-corrected chi connectivity index (χ0v) is 10.2. The molecule has 2 aromatic rings. The first-order valence-electron chi connectivity index (χ1n) is 6.00. The van der Waals surface area contributed by atoms with Crippen LogP contribution in [0, 0.1) is 5.82 Å². The molecule has 0 aliphatic rings. The molecular formula is C15H16FNO. The number of nitrogens with one attached hydrogen (secondary N) is 1. The average Bonchev–Trinajstić information content (AvgIpc) is 2.38. The second-order valence-electron chi connectivity index (χ2n) is 4.21. The summed E-state index contributed by atoms with van der Waals surface area (Å²) in [5.74, 6) is 0.0119. The lowest BCUT2D eigenvalue weighted by atomic mass is 10.0. The van der Waals surface area contributed by atoms with Crippen molar-refractivity contribution in [2.75, 3.05) is 5.32 Å². The Morgan fingerprint density at radius 2 is 1.89 bits per heavy atom. The third-order valence-electron chi connectivity index (χ3n) is 2.87. The molecule has 3 heteroatoms. The third kappa shape index (κ3) is 3.00. The van der Waals surface area contributed by atoms with Crippen molar-refractivity contribution in [3.63, 3.8) is 0 Å². The number of halogens is 1. The zero-order chi connectivity index (χ0) is 13.0. The fourth-order valence-corrected chi connectivity index (χ4v) is 1.90. The SMILES string of the molecule is CCC(Nc1ccc(O)cc1)c1cccc(F)c1. The lowest BCUT2D eigenvalue weighted by molar-refractivity contribution is 0.475. The molecule has 2 aromatic carbocycles. The van der Waals surface area contributed by atoms with E-state index in [0.29, 0.717) is 0 Å². The summed E-state index contributed by atoms with van der Waals surface area (Å²) < 4.78 is 13.2. The fraction of sp³-hybridized carbons (Fsp3) is 0.200. The van der Waals surface area contributed by atoms with Crippen LogP contribution >= 0.6 is 0 Å². The minimum Gasteiger partial charge on any atom is -0.508 e. The standard InChI is InChI=1S/C15H16FNO/c1-2-15(11-4-3-5-12(16)10-11)17-13-6-8-14(18)9-7-13/h3-10,15,17-18H,2H2,1H3. The highest BCUT2D eigenvalue weighted by Gasteiger charge is 2.09. The maximum absolute atomic E-state index is 13.2. The minimum atomic E-state index is -0.224. The van der Waals surface area contributed by atoms with Crippen molar-refractivity contribution in [1.82, 2.24) is 0 Å².